The molecule has 2 aliphatic heterocycles. The van der Waals surface area contributed by atoms with Crippen molar-refractivity contribution in [1.29, 1.82) is 0 Å². The molecular formula is C34H45N7O5. The van der Waals surface area contributed by atoms with Gasteiger partial charge in [-0.25, -0.2) is 9.98 Å². The molecule has 2 aromatic rings. The molecule has 4 fully saturated rings. The third-order valence-electron chi connectivity index (χ3n) is 10.3. The molecule has 4 aliphatic rings. The van der Waals surface area contributed by atoms with Crippen LogP contribution in [0.4, 0.5) is 11.5 Å². The Balaban J connectivity index is 1.33. The van der Waals surface area contributed by atoms with Crippen LogP contribution in [-0.4, -0.2) is 76.2 Å². The Bertz CT molecular complexity index is 1610. The SMILES string of the molecule is C[C@H](Oc1cc(/N=C/c2ccn(C[C@H]3CCOC3)c(=O)c2N)nc(/C(N)=C2\CCC[C@@]3(CCCCC3=O)C2=O)n1)C1CCCN1C. The van der Waals surface area contributed by atoms with Gasteiger partial charge in [0.1, 0.15) is 17.6 Å². The Morgan fingerprint density at radius 1 is 1.17 bits per heavy atom. The van der Waals surface area contributed by atoms with Gasteiger partial charge in [0.25, 0.3) is 5.56 Å². The predicted octanol–water partition coefficient (Wildman–Crippen LogP) is 3.42. The number of hydrogen-bond acceptors (Lipinski definition) is 11. The third kappa shape index (κ3) is 6.37. The number of aliphatic imine (C=N–C) groups is 1. The second-order valence-electron chi connectivity index (χ2n) is 13.3. The van der Waals surface area contributed by atoms with Gasteiger partial charge < -0.3 is 25.5 Å². The molecule has 2 aromatic heterocycles. The minimum atomic E-state index is -0.990. The van der Waals surface area contributed by atoms with Crippen molar-refractivity contribution in [3.05, 3.63) is 45.6 Å². The van der Waals surface area contributed by atoms with Crippen LogP contribution in [0.1, 0.15) is 82.5 Å². The van der Waals surface area contributed by atoms with Crippen molar-refractivity contribution in [2.45, 2.75) is 89.8 Å². The molecule has 4 heterocycles. The summed E-state index contributed by atoms with van der Waals surface area (Å²) in [7, 11) is 2.08. The number of carbonyl (C=O) groups is 2. The van der Waals surface area contributed by atoms with Crippen LogP contribution in [0.5, 0.6) is 5.88 Å². The van der Waals surface area contributed by atoms with Gasteiger partial charge in [0.05, 0.1) is 17.7 Å². The van der Waals surface area contributed by atoms with E-state index in [1.807, 2.05) is 6.92 Å². The summed E-state index contributed by atoms with van der Waals surface area (Å²) in [6, 6.07) is 3.60. The maximum Gasteiger partial charge on any atom is 0.274 e. The molecule has 4 atom stereocenters. The predicted molar refractivity (Wildman–Crippen MR) is 175 cm³/mol. The lowest BCUT2D eigenvalue weighted by Gasteiger charge is -2.38. The quantitative estimate of drug-likeness (QED) is 0.250. The average Bonchev–Trinajstić information content (AvgIpc) is 3.73. The first-order valence-electron chi connectivity index (χ1n) is 16.6. The Kier molecular flexibility index (Phi) is 9.37. The molecule has 0 radical (unpaired) electrons. The number of ketones is 2. The molecule has 12 nitrogen and oxygen atoms in total. The van der Waals surface area contributed by atoms with Crippen molar-refractivity contribution in [1.82, 2.24) is 19.4 Å². The van der Waals surface area contributed by atoms with Gasteiger partial charge in [0.2, 0.25) is 5.88 Å². The fourth-order valence-electron chi connectivity index (χ4n) is 7.53. The van der Waals surface area contributed by atoms with Gasteiger partial charge in [-0.05, 0) is 77.9 Å². The van der Waals surface area contributed by atoms with Crippen LogP contribution < -0.4 is 21.8 Å². The molecular weight excluding hydrogens is 586 g/mol. The number of rotatable bonds is 8. The smallest absolute Gasteiger partial charge is 0.274 e. The molecule has 2 aliphatic carbocycles. The number of ether oxygens (including phenoxy) is 2. The number of nitrogens with zero attached hydrogens (tertiary/aromatic N) is 5. The summed E-state index contributed by atoms with van der Waals surface area (Å²) in [5, 5.41) is 0. The lowest BCUT2D eigenvalue weighted by molar-refractivity contribution is -0.143. The molecule has 2 saturated carbocycles. The number of allylic oxidation sites excluding steroid dienone is 1. The number of hydrogen-bond donors (Lipinski definition) is 2. The maximum absolute atomic E-state index is 13.9. The Morgan fingerprint density at radius 2 is 2.00 bits per heavy atom. The van der Waals surface area contributed by atoms with E-state index in [0.29, 0.717) is 63.0 Å². The van der Waals surface area contributed by atoms with Crippen LogP contribution in [0.25, 0.3) is 5.70 Å². The van der Waals surface area contributed by atoms with Crippen LogP contribution in [0.3, 0.4) is 0 Å². The van der Waals surface area contributed by atoms with Crippen LogP contribution >= 0.6 is 0 Å². The van der Waals surface area contributed by atoms with Gasteiger partial charge in [-0.15, -0.1) is 0 Å². The molecule has 6 rings (SSSR count). The summed E-state index contributed by atoms with van der Waals surface area (Å²) < 4.78 is 13.4. The van der Waals surface area contributed by atoms with E-state index in [0.717, 1.165) is 38.6 Å². The number of nitrogen functional groups attached to an aromatic ring is 1. The van der Waals surface area contributed by atoms with E-state index in [4.69, 9.17) is 20.9 Å². The molecule has 2 saturated heterocycles. The minimum absolute atomic E-state index is 0.0163. The largest absolute Gasteiger partial charge is 0.473 e. The Morgan fingerprint density at radius 3 is 2.74 bits per heavy atom. The lowest BCUT2D eigenvalue weighted by atomic mass is 9.62. The Labute approximate surface area is 269 Å². The highest BCUT2D eigenvalue weighted by molar-refractivity contribution is 6.17. The molecule has 12 heteroatoms. The zero-order valence-electron chi connectivity index (χ0n) is 26.9. The lowest BCUT2D eigenvalue weighted by Crippen LogP contribution is -2.45. The van der Waals surface area contributed by atoms with E-state index >= 15 is 0 Å². The van der Waals surface area contributed by atoms with Crippen molar-refractivity contribution in [2.75, 3.05) is 32.5 Å². The fourth-order valence-corrected chi connectivity index (χ4v) is 7.53. The number of aromatic nitrogens is 3. The average molecular weight is 632 g/mol. The van der Waals surface area contributed by atoms with Crippen LogP contribution in [-0.2, 0) is 20.9 Å². The van der Waals surface area contributed by atoms with Gasteiger partial charge in [0, 0.05) is 61.1 Å². The van der Waals surface area contributed by atoms with Gasteiger partial charge >= 0.3 is 0 Å². The van der Waals surface area contributed by atoms with Gasteiger partial charge in [0.15, 0.2) is 17.4 Å². The number of nitrogens with two attached hydrogens (primary N) is 2. The molecule has 0 bridgehead atoms. The first-order chi connectivity index (χ1) is 22.2. The zero-order valence-corrected chi connectivity index (χ0v) is 26.9. The summed E-state index contributed by atoms with van der Waals surface area (Å²) in [5.74, 6) is 0.753. The second-order valence-corrected chi connectivity index (χ2v) is 13.3. The molecule has 4 N–H and O–H groups in total. The highest BCUT2D eigenvalue weighted by atomic mass is 16.5. The van der Waals surface area contributed by atoms with Gasteiger partial charge in [-0.1, -0.05) is 6.42 Å². The summed E-state index contributed by atoms with van der Waals surface area (Å²) in [5.41, 5.74) is 12.8. The fraction of sp³-hybridized carbons (Fsp3) is 0.588. The van der Waals surface area contributed by atoms with Crippen molar-refractivity contribution < 1.29 is 19.1 Å². The number of anilines is 1. The number of pyridine rings is 1. The van der Waals surface area contributed by atoms with E-state index in [-0.39, 0.29) is 64.1 Å². The van der Waals surface area contributed by atoms with Crippen molar-refractivity contribution in [3.63, 3.8) is 0 Å². The van der Waals surface area contributed by atoms with E-state index in [9.17, 15) is 14.4 Å². The van der Waals surface area contributed by atoms with Crippen molar-refractivity contribution in [2.24, 2.45) is 22.1 Å². The van der Waals surface area contributed by atoms with Gasteiger partial charge in [-0.3, -0.25) is 19.3 Å². The first-order valence-corrected chi connectivity index (χ1v) is 16.6. The number of likely N-dealkylation sites (N-methyl/N-ethyl adjacent to an activating group) is 1. The van der Waals surface area contributed by atoms with Gasteiger partial charge in [-0.2, -0.15) is 4.98 Å². The normalized spacial score (nSPS) is 27.5. The zero-order chi connectivity index (χ0) is 32.4. The molecule has 0 amide bonds. The van der Waals surface area contributed by atoms with Crippen LogP contribution in [0.15, 0.2) is 33.7 Å². The van der Waals surface area contributed by atoms with Crippen LogP contribution in [0.2, 0.25) is 0 Å². The maximum atomic E-state index is 13.9. The van der Waals surface area contributed by atoms with E-state index in [2.05, 4.69) is 26.9 Å². The van der Waals surface area contributed by atoms with E-state index < -0.39 is 5.41 Å². The topological polar surface area (TPSA) is 168 Å². The van der Waals surface area contributed by atoms with Crippen LogP contribution in [0, 0.1) is 11.3 Å². The van der Waals surface area contributed by atoms with E-state index in [1.54, 1.807) is 22.9 Å². The Hall–Kier alpha value is -3.90. The standard InChI is InChI=1S/C34H45N7O5/c1-21(25-8-6-14-40(25)2)46-28-17-27(37-18-23-10-15-41(33(44)29(23)35)19-22-11-16-45-20-22)38-32(39-28)30(36)24-7-5-13-34(31(24)43)12-4-3-9-26(34)42/h10,15,17-18,21-22,25H,3-9,11-14,16,19-20,35-36H2,1-2H3/b30-24-,37-18+/t21-,22+,25?,34+/m0/s1. The number of likely N-dealkylation sites (tertiary alicyclic amines) is 1. The summed E-state index contributed by atoms with van der Waals surface area (Å²) >= 11 is 0. The van der Waals surface area contributed by atoms with E-state index in [1.165, 1.54) is 6.21 Å². The second kappa shape index (κ2) is 13.4. The third-order valence-corrected chi connectivity index (χ3v) is 10.3. The monoisotopic (exact) mass is 631 g/mol. The molecule has 246 valence electrons. The molecule has 0 aromatic carbocycles. The highest BCUT2D eigenvalue weighted by Crippen LogP contribution is 2.45. The summed E-state index contributed by atoms with van der Waals surface area (Å²) in [4.78, 5) is 56.0. The minimum Gasteiger partial charge on any atom is -0.473 e. The summed E-state index contributed by atoms with van der Waals surface area (Å²) in [6.45, 7) is 4.89. The first kappa shape index (κ1) is 32.1. The summed E-state index contributed by atoms with van der Waals surface area (Å²) in [6.07, 6.45) is 10.4. The molecule has 46 heavy (non-hydrogen) atoms. The number of Topliss-reactive ketones (excluding diaryl/α,β-unsaturated/α-hetero) is 2. The number of carbonyl (C=O) groups excluding carboxylic acids is 2. The highest BCUT2D eigenvalue weighted by Gasteiger charge is 2.49. The van der Waals surface area contributed by atoms with Crippen molar-refractivity contribution >= 4 is 35.0 Å². The molecule has 1 spiro atoms. The molecule has 1 unspecified atom stereocenters. The van der Waals surface area contributed by atoms with Crippen molar-refractivity contribution in [3.8, 4) is 5.88 Å².